The van der Waals surface area contributed by atoms with Crippen LogP contribution in [0.3, 0.4) is 0 Å². The normalized spacial score (nSPS) is 14.4. The molecule has 2 amide bonds. The lowest BCUT2D eigenvalue weighted by molar-refractivity contribution is -0.139. The van der Waals surface area contributed by atoms with E-state index in [-0.39, 0.29) is 29.1 Å². The summed E-state index contributed by atoms with van der Waals surface area (Å²) in [5, 5.41) is 3.61. The van der Waals surface area contributed by atoms with Crippen LogP contribution in [0.4, 0.5) is 5.69 Å². The molecule has 3 aromatic rings. The summed E-state index contributed by atoms with van der Waals surface area (Å²) in [5.41, 5.74) is 2.72. The van der Waals surface area contributed by atoms with Crippen LogP contribution >= 0.6 is 11.6 Å². The number of methoxy groups -OCH3 is 2. The van der Waals surface area contributed by atoms with Crippen molar-refractivity contribution >= 4 is 39.1 Å². The molecule has 0 saturated heterocycles. The van der Waals surface area contributed by atoms with Crippen LogP contribution in [-0.4, -0.2) is 58.0 Å². The van der Waals surface area contributed by atoms with Gasteiger partial charge in [0.15, 0.2) is 11.5 Å². The van der Waals surface area contributed by atoms with E-state index in [1.54, 1.807) is 37.3 Å². The van der Waals surface area contributed by atoms with Gasteiger partial charge in [0.25, 0.3) is 10.0 Å². The highest BCUT2D eigenvalue weighted by Gasteiger charge is 2.34. The zero-order chi connectivity index (χ0) is 32.7. The van der Waals surface area contributed by atoms with E-state index in [1.807, 2.05) is 26.0 Å². The van der Waals surface area contributed by atoms with Crippen LogP contribution in [-0.2, 0) is 26.2 Å². The standard InChI is InChI=1S/C34H42ClN3O6S/c1-23-16-24(2)18-29(17-23)38(45(41,42)30-14-15-31(43-4)32(20-30)44-5)22-33(39)37(21-26-10-9-11-27(35)19-26)25(3)34(40)36-28-12-7-6-8-13-28/h9-11,14-20,25,28H,6-8,12-13,21-22H2,1-5H3,(H,36,40)/t25-/m0/s1. The van der Waals surface area contributed by atoms with Gasteiger partial charge in [-0.05, 0) is 86.7 Å². The van der Waals surface area contributed by atoms with Crippen LogP contribution in [0.15, 0.2) is 65.6 Å². The van der Waals surface area contributed by atoms with E-state index in [2.05, 4.69) is 5.32 Å². The largest absolute Gasteiger partial charge is 0.493 e. The minimum Gasteiger partial charge on any atom is -0.493 e. The highest BCUT2D eigenvalue weighted by atomic mass is 35.5. The van der Waals surface area contributed by atoms with Gasteiger partial charge < -0.3 is 19.7 Å². The fourth-order valence-corrected chi connectivity index (χ4v) is 7.34. The molecule has 0 unspecified atom stereocenters. The van der Waals surface area contributed by atoms with E-state index in [4.69, 9.17) is 21.1 Å². The van der Waals surface area contributed by atoms with Crippen LogP contribution < -0.4 is 19.1 Å². The number of benzene rings is 3. The molecule has 0 aliphatic heterocycles. The number of carbonyl (C=O) groups is 2. The lowest BCUT2D eigenvalue weighted by Gasteiger charge is -2.33. The Kier molecular flexibility index (Phi) is 11.4. The Morgan fingerprint density at radius 2 is 1.60 bits per heavy atom. The summed E-state index contributed by atoms with van der Waals surface area (Å²) in [6.07, 6.45) is 5.02. The number of rotatable bonds is 12. The molecule has 1 N–H and O–H groups in total. The van der Waals surface area contributed by atoms with Gasteiger partial charge in [0.1, 0.15) is 12.6 Å². The van der Waals surface area contributed by atoms with Crippen molar-refractivity contribution < 1.29 is 27.5 Å². The molecule has 1 atom stereocenters. The Balaban J connectivity index is 1.74. The maximum Gasteiger partial charge on any atom is 0.264 e. The van der Waals surface area contributed by atoms with Crippen molar-refractivity contribution in [2.75, 3.05) is 25.1 Å². The molecule has 1 fully saturated rings. The number of nitrogens with one attached hydrogen (secondary N) is 1. The summed E-state index contributed by atoms with van der Waals surface area (Å²) >= 11 is 6.26. The molecule has 0 radical (unpaired) electrons. The third-order valence-electron chi connectivity index (χ3n) is 8.08. The van der Waals surface area contributed by atoms with Gasteiger partial charge in [-0.1, -0.05) is 49.1 Å². The van der Waals surface area contributed by atoms with Gasteiger partial charge in [-0.2, -0.15) is 0 Å². The summed E-state index contributed by atoms with van der Waals surface area (Å²) in [4.78, 5) is 29.2. The monoisotopic (exact) mass is 655 g/mol. The van der Waals surface area contributed by atoms with Gasteiger partial charge in [0.2, 0.25) is 11.8 Å². The zero-order valence-electron chi connectivity index (χ0n) is 26.5. The number of halogens is 1. The third-order valence-corrected chi connectivity index (χ3v) is 10.1. The average Bonchev–Trinajstić information content (AvgIpc) is 3.01. The third kappa shape index (κ3) is 8.49. The predicted octanol–water partition coefficient (Wildman–Crippen LogP) is 6.04. The van der Waals surface area contributed by atoms with E-state index >= 15 is 0 Å². The second-order valence-corrected chi connectivity index (χ2v) is 13.8. The Labute approximate surface area is 271 Å². The number of sulfonamides is 1. The van der Waals surface area contributed by atoms with E-state index in [9.17, 15) is 18.0 Å². The van der Waals surface area contributed by atoms with Crippen LogP contribution in [0, 0.1) is 13.8 Å². The highest BCUT2D eigenvalue weighted by molar-refractivity contribution is 7.92. The first-order chi connectivity index (χ1) is 21.4. The molecule has 3 aromatic carbocycles. The van der Waals surface area contributed by atoms with Crippen molar-refractivity contribution in [3.05, 3.63) is 82.4 Å². The second kappa shape index (κ2) is 15.0. The summed E-state index contributed by atoms with van der Waals surface area (Å²) < 4.78 is 40.4. The Hall–Kier alpha value is -3.76. The molecule has 0 bridgehead atoms. The summed E-state index contributed by atoms with van der Waals surface area (Å²) in [5.74, 6) is -0.209. The molecule has 11 heteroatoms. The van der Waals surface area contributed by atoms with Gasteiger partial charge in [-0.15, -0.1) is 0 Å². The van der Waals surface area contributed by atoms with Crippen molar-refractivity contribution in [1.82, 2.24) is 10.2 Å². The summed E-state index contributed by atoms with van der Waals surface area (Å²) in [6, 6.07) is 15.9. The number of hydrogen-bond donors (Lipinski definition) is 1. The van der Waals surface area contributed by atoms with E-state index in [1.165, 1.54) is 37.3 Å². The van der Waals surface area contributed by atoms with Gasteiger partial charge >= 0.3 is 0 Å². The molecule has 0 spiro atoms. The van der Waals surface area contributed by atoms with Gasteiger partial charge in [-0.3, -0.25) is 13.9 Å². The zero-order valence-corrected chi connectivity index (χ0v) is 28.1. The van der Waals surface area contributed by atoms with E-state index < -0.39 is 28.5 Å². The van der Waals surface area contributed by atoms with Crippen molar-refractivity contribution in [3.63, 3.8) is 0 Å². The second-order valence-electron chi connectivity index (χ2n) is 11.5. The Morgan fingerprint density at radius 1 is 0.933 bits per heavy atom. The van der Waals surface area contributed by atoms with Gasteiger partial charge in [-0.25, -0.2) is 8.42 Å². The molecule has 45 heavy (non-hydrogen) atoms. The first-order valence-electron chi connectivity index (χ1n) is 15.1. The minimum absolute atomic E-state index is 0.0500. The maximum absolute atomic E-state index is 14.3. The number of hydrogen-bond acceptors (Lipinski definition) is 6. The fourth-order valence-electron chi connectivity index (χ4n) is 5.71. The molecule has 1 aliphatic carbocycles. The van der Waals surface area contributed by atoms with Crippen molar-refractivity contribution in [3.8, 4) is 11.5 Å². The molecule has 9 nitrogen and oxygen atoms in total. The molecule has 0 heterocycles. The van der Waals surface area contributed by atoms with Crippen molar-refractivity contribution in [2.24, 2.45) is 0 Å². The van der Waals surface area contributed by atoms with Gasteiger partial charge in [0, 0.05) is 23.7 Å². The predicted molar refractivity (Wildman–Crippen MR) is 176 cm³/mol. The van der Waals surface area contributed by atoms with Crippen LogP contribution in [0.1, 0.15) is 55.7 Å². The quantitative estimate of drug-likeness (QED) is 0.255. The Bertz CT molecular complexity index is 1600. The molecule has 0 aromatic heterocycles. The SMILES string of the molecule is COc1ccc(S(=O)(=O)N(CC(=O)N(Cc2cccc(Cl)c2)[C@@H](C)C(=O)NC2CCCCC2)c2cc(C)cc(C)c2)cc1OC. The summed E-state index contributed by atoms with van der Waals surface area (Å²) in [7, 11) is -1.40. The first kappa shape index (κ1) is 34.1. The van der Waals surface area contributed by atoms with E-state index in [0.29, 0.717) is 22.0 Å². The number of carbonyl (C=O) groups excluding carboxylic acids is 2. The number of ether oxygens (including phenoxy) is 2. The number of amides is 2. The average molecular weight is 656 g/mol. The molecular weight excluding hydrogens is 614 g/mol. The number of aryl methyl sites for hydroxylation is 2. The number of nitrogens with zero attached hydrogens (tertiary/aromatic N) is 2. The lowest BCUT2D eigenvalue weighted by atomic mass is 9.95. The molecule has 1 saturated carbocycles. The lowest BCUT2D eigenvalue weighted by Crippen LogP contribution is -2.53. The fraction of sp³-hybridized carbons (Fsp3) is 0.412. The van der Waals surface area contributed by atoms with E-state index in [0.717, 1.165) is 47.5 Å². The number of anilines is 1. The minimum atomic E-state index is -4.29. The van der Waals surface area contributed by atoms with Gasteiger partial charge in [0.05, 0.1) is 24.8 Å². The smallest absolute Gasteiger partial charge is 0.264 e. The van der Waals surface area contributed by atoms with Crippen molar-refractivity contribution in [2.45, 2.75) is 76.4 Å². The van der Waals surface area contributed by atoms with Crippen LogP contribution in [0.5, 0.6) is 11.5 Å². The summed E-state index contributed by atoms with van der Waals surface area (Å²) in [6.45, 7) is 4.92. The molecule has 1 aliphatic rings. The maximum atomic E-state index is 14.3. The Morgan fingerprint density at radius 3 is 2.22 bits per heavy atom. The van der Waals surface area contributed by atoms with Crippen molar-refractivity contribution in [1.29, 1.82) is 0 Å². The topological polar surface area (TPSA) is 105 Å². The molecule has 242 valence electrons. The van der Waals surface area contributed by atoms with Crippen LogP contribution in [0.2, 0.25) is 5.02 Å². The molecular formula is C34H42ClN3O6S. The first-order valence-corrected chi connectivity index (χ1v) is 16.9. The van der Waals surface area contributed by atoms with Crippen LogP contribution in [0.25, 0.3) is 0 Å². The highest BCUT2D eigenvalue weighted by Crippen LogP contribution is 2.33. The molecule has 4 rings (SSSR count).